The maximum atomic E-state index is 11.6. The van der Waals surface area contributed by atoms with Gasteiger partial charge < -0.3 is 5.11 Å². The van der Waals surface area contributed by atoms with Gasteiger partial charge in [-0.15, -0.1) is 0 Å². The average molecular weight is 300 g/mol. The summed E-state index contributed by atoms with van der Waals surface area (Å²) in [6.45, 7) is 2.10. The number of carboxylic acid groups (broad SMARTS) is 1. The van der Waals surface area contributed by atoms with E-state index in [1.807, 2.05) is 37.3 Å². The molecule has 0 aliphatic rings. The van der Waals surface area contributed by atoms with Crippen molar-refractivity contribution in [1.82, 2.24) is 9.44 Å². The lowest BCUT2D eigenvalue weighted by Crippen LogP contribution is -2.46. The summed E-state index contributed by atoms with van der Waals surface area (Å²) in [6, 6.07) is 8.21. The number of benzene rings is 1. The molecule has 0 aromatic heterocycles. The third-order valence-electron chi connectivity index (χ3n) is 2.70. The van der Waals surface area contributed by atoms with Gasteiger partial charge in [-0.25, -0.2) is 4.72 Å². The van der Waals surface area contributed by atoms with Gasteiger partial charge in [0.1, 0.15) is 6.04 Å². The Labute approximate surface area is 119 Å². The Balaban J connectivity index is 2.59. The Kier molecular flexibility index (Phi) is 6.63. The molecule has 3 N–H and O–H groups in total. The van der Waals surface area contributed by atoms with E-state index in [4.69, 9.17) is 5.11 Å². The second kappa shape index (κ2) is 7.98. The first kappa shape index (κ1) is 16.6. The van der Waals surface area contributed by atoms with Gasteiger partial charge in [-0.3, -0.25) is 4.79 Å². The number of carbonyl (C=O) groups is 1. The number of carboxylic acids is 1. The van der Waals surface area contributed by atoms with Gasteiger partial charge in [0.15, 0.2) is 0 Å². The monoisotopic (exact) mass is 300 g/mol. The van der Waals surface area contributed by atoms with Crippen molar-refractivity contribution in [3.63, 3.8) is 0 Å². The fourth-order valence-electron chi connectivity index (χ4n) is 1.65. The zero-order chi connectivity index (χ0) is 15.0. The van der Waals surface area contributed by atoms with Crippen LogP contribution in [0.2, 0.25) is 0 Å². The largest absolute Gasteiger partial charge is 0.480 e. The fourth-order valence-corrected chi connectivity index (χ4v) is 2.80. The van der Waals surface area contributed by atoms with Crippen LogP contribution < -0.4 is 9.44 Å². The second-order valence-corrected chi connectivity index (χ2v) is 5.96. The SMILES string of the molecule is CCCNS(=O)(=O)NC(CCc1ccccc1)C(=O)O. The Hall–Kier alpha value is -1.44. The second-order valence-electron chi connectivity index (χ2n) is 4.43. The molecule has 0 bridgehead atoms. The molecule has 0 radical (unpaired) electrons. The number of nitrogens with one attached hydrogen (secondary N) is 2. The van der Waals surface area contributed by atoms with E-state index in [0.29, 0.717) is 12.8 Å². The quantitative estimate of drug-likeness (QED) is 0.631. The number of aliphatic carboxylic acids is 1. The van der Waals surface area contributed by atoms with Crippen molar-refractivity contribution < 1.29 is 18.3 Å². The highest BCUT2D eigenvalue weighted by molar-refractivity contribution is 7.87. The van der Waals surface area contributed by atoms with Crippen LogP contribution in [0.25, 0.3) is 0 Å². The van der Waals surface area contributed by atoms with Crippen LogP contribution in [-0.4, -0.2) is 32.1 Å². The molecule has 1 unspecified atom stereocenters. The molecule has 0 saturated carbocycles. The Bertz CT molecular complexity index is 516. The average Bonchev–Trinajstić information content (AvgIpc) is 2.42. The molecule has 6 nitrogen and oxygen atoms in total. The number of aryl methyl sites for hydroxylation is 1. The van der Waals surface area contributed by atoms with Crippen molar-refractivity contribution >= 4 is 16.2 Å². The van der Waals surface area contributed by atoms with Crippen LogP contribution in [0.4, 0.5) is 0 Å². The summed E-state index contributed by atoms with van der Waals surface area (Å²) in [4.78, 5) is 11.1. The molecular weight excluding hydrogens is 280 g/mol. The number of hydrogen-bond donors (Lipinski definition) is 3. The van der Waals surface area contributed by atoms with Crippen LogP contribution in [0.3, 0.4) is 0 Å². The van der Waals surface area contributed by atoms with Crippen LogP contribution >= 0.6 is 0 Å². The van der Waals surface area contributed by atoms with E-state index in [2.05, 4.69) is 9.44 Å². The number of rotatable bonds is 9. The van der Waals surface area contributed by atoms with E-state index in [0.717, 1.165) is 5.56 Å². The summed E-state index contributed by atoms with van der Waals surface area (Å²) in [5.41, 5.74) is 0.972. The van der Waals surface area contributed by atoms with Gasteiger partial charge in [0.05, 0.1) is 0 Å². The van der Waals surface area contributed by atoms with Crippen LogP contribution in [0.1, 0.15) is 25.3 Å². The zero-order valence-corrected chi connectivity index (χ0v) is 12.2. The first-order chi connectivity index (χ1) is 9.44. The van der Waals surface area contributed by atoms with Crippen molar-refractivity contribution in [3.8, 4) is 0 Å². The van der Waals surface area contributed by atoms with E-state index >= 15 is 0 Å². The lowest BCUT2D eigenvalue weighted by molar-refractivity contribution is -0.139. The molecular formula is C13H20N2O4S. The zero-order valence-electron chi connectivity index (χ0n) is 11.4. The van der Waals surface area contributed by atoms with E-state index in [-0.39, 0.29) is 13.0 Å². The topological polar surface area (TPSA) is 95.5 Å². The van der Waals surface area contributed by atoms with E-state index < -0.39 is 22.2 Å². The summed E-state index contributed by atoms with van der Waals surface area (Å²) < 4.78 is 27.7. The predicted octanol–water partition coefficient (Wildman–Crippen LogP) is 0.906. The third-order valence-corrected chi connectivity index (χ3v) is 3.88. The molecule has 112 valence electrons. The van der Waals surface area contributed by atoms with Crippen molar-refractivity contribution in [2.45, 2.75) is 32.2 Å². The van der Waals surface area contributed by atoms with Crippen LogP contribution in [-0.2, 0) is 21.4 Å². The maximum Gasteiger partial charge on any atom is 0.321 e. The highest BCUT2D eigenvalue weighted by Gasteiger charge is 2.23. The molecule has 0 fully saturated rings. The third kappa shape index (κ3) is 6.14. The van der Waals surface area contributed by atoms with Crippen molar-refractivity contribution in [2.75, 3.05) is 6.54 Å². The fraction of sp³-hybridized carbons (Fsp3) is 0.462. The van der Waals surface area contributed by atoms with Crippen molar-refractivity contribution in [3.05, 3.63) is 35.9 Å². The minimum Gasteiger partial charge on any atom is -0.480 e. The summed E-state index contributed by atoms with van der Waals surface area (Å²) in [5, 5.41) is 9.09. The highest BCUT2D eigenvalue weighted by Crippen LogP contribution is 2.06. The lowest BCUT2D eigenvalue weighted by Gasteiger charge is -2.15. The summed E-state index contributed by atoms with van der Waals surface area (Å²) in [5.74, 6) is -1.18. The number of hydrogen-bond acceptors (Lipinski definition) is 3. The van der Waals surface area contributed by atoms with Crippen molar-refractivity contribution in [1.29, 1.82) is 0 Å². The molecule has 0 aliphatic carbocycles. The smallest absolute Gasteiger partial charge is 0.321 e. The normalized spacial score (nSPS) is 13.1. The Morgan fingerprint density at radius 3 is 2.50 bits per heavy atom. The molecule has 0 heterocycles. The minimum atomic E-state index is -3.77. The molecule has 0 spiro atoms. The molecule has 1 atom stereocenters. The van der Waals surface area contributed by atoms with Gasteiger partial charge in [-0.2, -0.15) is 13.1 Å². The molecule has 1 rings (SSSR count). The predicted molar refractivity (Wildman–Crippen MR) is 76.5 cm³/mol. The lowest BCUT2D eigenvalue weighted by atomic mass is 10.1. The molecule has 0 saturated heterocycles. The van der Waals surface area contributed by atoms with E-state index in [1.54, 1.807) is 0 Å². The first-order valence-electron chi connectivity index (χ1n) is 6.48. The molecule has 7 heteroatoms. The van der Waals surface area contributed by atoms with Gasteiger partial charge in [-0.05, 0) is 24.8 Å². The van der Waals surface area contributed by atoms with Crippen LogP contribution in [0, 0.1) is 0 Å². The molecule has 1 aromatic carbocycles. The van der Waals surface area contributed by atoms with E-state index in [1.165, 1.54) is 0 Å². The summed E-state index contributed by atoms with van der Waals surface area (Å²) >= 11 is 0. The Morgan fingerprint density at radius 2 is 1.95 bits per heavy atom. The van der Waals surface area contributed by atoms with Gasteiger partial charge in [-0.1, -0.05) is 37.3 Å². The van der Waals surface area contributed by atoms with Crippen LogP contribution in [0.15, 0.2) is 30.3 Å². The molecule has 1 aromatic rings. The summed E-state index contributed by atoms with van der Waals surface area (Å²) in [6.07, 6.45) is 1.34. The molecule has 0 amide bonds. The molecule has 0 aliphatic heterocycles. The van der Waals surface area contributed by atoms with Gasteiger partial charge >= 0.3 is 5.97 Å². The highest BCUT2D eigenvalue weighted by atomic mass is 32.2. The first-order valence-corrected chi connectivity index (χ1v) is 7.96. The van der Waals surface area contributed by atoms with Gasteiger partial charge in [0, 0.05) is 6.54 Å². The summed E-state index contributed by atoms with van der Waals surface area (Å²) in [7, 11) is -3.77. The van der Waals surface area contributed by atoms with Crippen molar-refractivity contribution in [2.24, 2.45) is 0 Å². The standard InChI is InChI=1S/C13H20N2O4S/c1-2-10-14-20(18,19)15-12(13(16)17)9-8-11-6-4-3-5-7-11/h3-7,12,14-15H,2,8-10H2,1H3,(H,16,17). The van der Waals surface area contributed by atoms with E-state index in [9.17, 15) is 13.2 Å². The van der Waals surface area contributed by atoms with Gasteiger partial charge in [0.25, 0.3) is 10.2 Å². The Morgan fingerprint density at radius 1 is 1.30 bits per heavy atom. The minimum absolute atomic E-state index is 0.201. The van der Waals surface area contributed by atoms with Crippen LogP contribution in [0.5, 0.6) is 0 Å². The molecule has 20 heavy (non-hydrogen) atoms. The maximum absolute atomic E-state index is 11.6. The van der Waals surface area contributed by atoms with Gasteiger partial charge in [0.2, 0.25) is 0 Å².